The SMILES string of the molecule is Cc1cc(C2(c3ccc(OCC(O)CO)c(C)c3)c3ccccc3-c3ccccc32)ccc1O.Cc1cc(Cc2cc(C)c(C)c(C)c2)c(O)c(Cc2cc(C)cc(Cc3cc(C)c(C)c(C)c3)c2OCC(O)CO)c1. The number of benzene rings is 8. The maximum atomic E-state index is 11.5. The first-order valence-corrected chi connectivity index (χ1v) is 26.3. The van der Waals surface area contributed by atoms with E-state index in [0.29, 0.717) is 36.5 Å². The predicted octanol–water partition coefficient (Wildman–Crippen LogP) is 12.5. The van der Waals surface area contributed by atoms with Gasteiger partial charge in [0, 0.05) is 19.3 Å². The summed E-state index contributed by atoms with van der Waals surface area (Å²) < 4.78 is 12.0. The third-order valence-electron chi connectivity index (χ3n) is 15.4. The van der Waals surface area contributed by atoms with Gasteiger partial charge in [0.05, 0.1) is 18.6 Å². The molecule has 394 valence electrons. The molecule has 1 aliphatic carbocycles. The normalized spacial score (nSPS) is 13.1. The van der Waals surface area contributed by atoms with Crippen molar-refractivity contribution in [3.8, 4) is 34.1 Å². The smallest absolute Gasteiger partial charge is 0.126 e. The molecule has 76 heavy (non-hydrogen) atoms. The van der Waals surface area contributed by atoms with Gasteiger partial charge in [-0.15, -0.1) is 0 Å². The summed E-state index contributed by atoms with van der Waals surface area (Å²) in [7, 11) is 0. The third-order valence-corrected chi connectivity index (χ3v) is 15.4. The van der Waals surface area contributed by atoms with Gasteiger partial charge in [-0.3, -0.25) is 0 Å². The van der Waals surface area contributed by atoms with Gasteiger partial charge < -0.3 is 40.1 Å². The predicted molar refractivity (Wildman–Crippen MR) is 306 cm³/mol. The summed E-state index contributed by atoms with van der Waals surface area (Å²) in [6, 6.07) is 46.3. The van der Waals surface area contributed by atoms with Crippen LogP contribution in [0.2, 0.25) is 0 Å². The lowest BCUT2D eigenvalue weighted by atomic mass is 9.67. The maximum Gasteiger partial charge on any atom is 0.126 e. The van der Waals surface area contributed by atoms with Crippen molar-refractivity contribution in [3.63, 3.8) is 0 Å². The van der Waals surface area contributed by atoms with Gasteiger partial charge in [0.25, 0.3) is 0 Å². The summed E-state index contributed by atoms with van der Waals surface area (Å²) in [4.78, 5) is 0. The molecule has 9 rings (SSSR count). The Kier molecular flexibility index (Phi) is 16.9. The van der Waals surface area contributed by atoms with Crippen LogP contribution in [0.1, 0.15) is 111 Å². The van der Waals surface area contributed by atoms with Crippen LogP contribution in [0, 0.1) is 69.2 Å². The number of fused-ring (bicyclic) bond motifs is 3. The maximum absolute atomic E-state index is 11.5. The Labute approximate surface area is 449 Å². The van der Waals surface area contributed by atoms with E-state index in [1.54, 1.807) is 6.07 Å². The van der Waals surface area contributed by atoms with Gasteiger partial charge >= 0.3 is 0 Å². The molecule has 0 aliphatic heterocycles. The van der Waals surface area contributed by atoms with Crippen molar-refractivity contribution >= 4 is 0 Å². The van der Waals surface area contributed by atoms with Gasteiger partial charge in [0.2, 0.25) is 0 Å². The van der Waals surface area contributed by atoms with Crippen molar-refractivity contribution in [2.75, 3.05) is 26.4 Å². The van der Waals surface area contributed by atoms with Gasteiger partial charge in [-0.2, -0.15) is 0 Å². The minimum absolute atomic E-state index is 0.0112. The number of aryl methyl sites for hydroxylation is 8. The van der Waals surface area contributed by atoms with Crippen LogP contribution in [0.4, 0.5) is 0 Å². The van der Waals surface area contributed by atoms with Crippen molar-refractivity contribution in [2.45, 2.75) is 106 Å². The van der Waals surface area contributed by atoms with E-state index in [9.17, 15) is 25.5 Å². The molecule has 6 N–H and O–H groups in total. The van der Waals surface area contributed by atoms with Crippen molar-refractivity contribution in [3.05, 3.63) is 245 Å². The van der Waals surface area contributed by atoms with Gasteiger partial charge in [0.1, 0.15) is 48.4 Å². The number of rotatable bonds is 16. The van der Waals surface area contributed by atoms with E-state index < -0.39 is 17.6 Å². The molecule has 0 saturated heterocycles. The van der Waals surface area contributed by atoms with E-state index in [0.717, 1.165) is 55.6 Å². The van der Waals surface area contributed by atoms with E-state index in [1.165, 1.54) is 66.8 Å². The fraction of sp³-hybridized carbons (Fsp3) is 0.294. The van der Waals surface area contributed by atoms with Crippen LogP contribution in [-0.2, 0) is 24.7 Å². The van der Waals surface area contributed by atoms with Gasteiger partial charge in [-0.25, -0.2) is 0 Å². The minimum atomic E-state index is -0.976. The zero-order valence-corrected chi connectivity index (χ0v) is 45.8. The molecule has 0 saturated carbocycles. The molecule has 0 radical (unpaired) electrons. The third kappa shape index (κ3) is 11.5. The Balaban J connectivity index is 0.000000205. The number of aliphatic hydroxyl groups is 4. The van der Waals surface area contributed by atoms with E-state index in [2.05, 4.69) is 165 Å². The average Bonchev–Trinajstić information content (AvgIpc) is 3.71. The number of hydrogen-bond acceptors (Lipinski definition) is 8. The molecule has 1 aliphatic rings. The van der Waals surface area contributed by atoms with Crippen LogP contribution in [0.5, 0.6) is 23.0 Å². The summed E-state index contributed by atoms with van der Waals surface area (Å²) in [6.07, 6.45) is -0.0781. The van der Waals surface area contributed by atoms with E-state index in [1.807, 2.05) is 32.0 Å². The zero-order chi connectivity index (χ0) is 54.6. The Morgan fingerprint density at radius 3 is 1.34 bits per heavy atom. The van der Waals surface area contributed by atoms with Gasteiger partial charge in [-0.05, 0) is 193 Å². The lowest BCUT2D eigenvalue weighted by molar-refractivity contribution is 0.0530. The largest absolute Gasteiger partial charge is 0.508 e. The van der Waals surface area contributed by atoms with Crippen LogP contribution in [-0.4, -0.2) is 69.3 Å². The number of ether oxygens (including phenoxy) is 2. The standard InChI is InChI=1S/C38H46O4.C30H28O4/c1-22-9-32(17-30-13-24(3)28(7)25(4)14-30)37(41)33(10-22)19-35-12-23(2)11-34(38(35)42-21-36(40)20-39)18-31-15-26(5)29(8)27(6)16-31;1-19-15-21(11-13-28(19)33)30(22-12-14-29(20(2)16-22)34-18-23(32)17-31)26-9-5-3-7-24(26)25-8-4-6-10-27(25)30/h9-16,36,39-41H,17-21H2,1-8H3;3-16,23,31-33H,17-18H2,1-2H3. The number of aliphatic hydroxyl groups excluding tert-OH is 4. The molecule has 0 aromatic heterocycles. The fourth-order valence-electron chi connectivity index (χ4n) is 11.1. The van der Waals surface area contributed by atoms with Crippen molar-refractivity contribution in [1.82, 2.24) is 0 Å². The summed E-state index contributed by atoms with van der Waals surface area (Å²) >= 11 is 0. The molecule has 8 aromatic rings. The van der Waals surface area contributed by atoms with Crippen molar-refractivity contribution in [1.29, 1.82) is 0 Å². The molecule has 0 amide bonds. The average molecular weight is 1020 g/mol. The van der Waals surface area contributed by atoms with Crippen LogP contribution in [0.25, 0.3) is 11.1 Å². The molecule has 2 unspecified atom stereocenters. The molecular formula is C68H74O8. The Morgan fingerprint density at radius 1 is 0.434 bits per heavy atom. The second kappa shape index (κ2) is 23.4. The summed E-state index contributed by atoms with van der Waals surface area (Å²) in [5.74, 6) is 1.97. The van der Waals surface area contributed by atoms with E-state index in [4.69, 9.17) is 14.6 Å². The monoisotopic (exact) mass is 1020 g/mol. The van der Waals surface area contributed by atoms with Crippen molar-refractivity contribution < 1.29 is 40.1 Å². The molecule has 0 spiro atoms. The number of hydrogen-bond donors (Lipinski definition) is 6. The molecule has 8 aromatic carbocycles. The van der Waals surface area contributed by atoms with E-state index >= 15 is 0 Å². The molecule has 0 heterocycles. The first-order valence-electron chi connectivity index (χ1n) is 26.3. The molecule has 8 heteroatoms. The highest BCUT2D eigenvalue weighted by molar-refractivity contribution is 5.86. The highest BCUT2D eigenvalue weighted by Gasteiger charge is 2.46. The first kappa shape index (κ1) is 55.0. The Hall–Kier alpha value is -7.20. The summed E-state index contributed by atoms with van der Waals surface area (Å²) in [5, 5.41) is 60.2. The summed E-state index contributed by atoms with van der Waals surface area (Å²) in [6.45, 7) is 20.2. The second-order valence-corrected chi connectivity index (χ2v) is 21.2. The molecular weight excluding hydrogens is 945 g/mol. The molecule has 0 bridgehead atoms. The zero-order valence-electron chi connectivity index (χ0n) is 45.8. The lowest BCUT2D eigenvalue weighted by Gasteiger charge is -2.34. The van der Waals surface area contributed by atoms with Crippen LogP contribution < -0.4 is 9.47 Å². The van der Waals surface area contributed by atoms with Crippen molar-refractivity contribution in [2.24, 2.45) is 0 Å². The number of phenolic OH excluding ortho intramolecular Hbond substituents is 2. The van der Waals surface area contributed by atoms with E-state index in [-0.39, 0.29) is 32.2 Å². The molecule has 8 nitrogen and oxygen atoms in total. The fourth-order valence-corrected chi connectivity index (χ4v) is 11.1. The Morgan fingerprint density at radius 2 is 0.855 bits per heavy atom. The van der Waals surface area contributed by atoms with Gasteiger partial charge in [0.15, 0.2) is 0 Å². The summed E-state index contributed by atoms with van der Waals surface area (Å²) in [5.41, 5.74) is 24.1. The quantitative estimate of drug-likeness (QED) is 0.0562. The first-order chi connectivity index (χ1) is 36.3. The molecule has 2 atom stereocenters. The van der Waals surface area contributed by atoms with Crippen LogP contribution in [0.15, 0.2) is 133 Å². The molecule has 0 fully saturated rings. The highest BCUT2D eigenvalue weighted by Crippen LogP contribution is 2.56. The van der Waals surface area contributed by atoms with Crippen LogP contribution in [0.3, 0.4) is 0 Å². The topological polar surface area (TPSA) is 140 Å². The van der Waals surface area contributed by atoms with Gasteiger partial charge in [-0.1, -0.05) is 132 Å². The van der Waals surface area contributed by atoms with Crippen LogP contribution >= 0.6 is 0 Å². The minimum Gasteiger partial charge on any atom is -0.508 e. The second-order valence-electron chi connectivity index (χ2n) is 21.2. The highest BCUT2D eigenvalue weighted by atomic mass is 16.5. The Bertz CT molecular complexity index is 3310. The number of aromatic hydroxyl groups is 2. The lowest BCUT2D eigenvalue weighted by Crippen LogP contribution is -2.29. The number of phenols is 2.